The quantitative estimate of drug-likeness (QED) is 0.0249. The molecule has 0 heterocycles. The predicted octanol–water partition coefficient (Wildman–Crippen LogP) is 4.69. The van der Waals surface area contributed by atoms with Crippen molar-refractivity contribution in [2.24, 2.45) is 66.2 Å². The molecule has 0 aromatic heterocycles. The fourth-order valence-corrected chi connectivity index (χ4v) is 6.63. The van der Waals surface area contributed by atoms with E-state index >= 15 is 0 Å². The molecule has 324 valence electrons. The number of guanidine groups is 4. The number of nitrogens with one attached hydrogen (secondary N) is 2. The molecule has 15 nitrogen and oxygen atoms in total. The van der Waals surface area contributed by atoms with Crippen LogP contribution in [0.25, 0.3) is 0 Å². The SMILES string of the molecule is NC(N)=NCCCCCCCN(CCCCCCCNC(N)=NCC1CC1)C(=O)N(CCCCCCCN=C(N)N)CCCCCCCNC(N)=NCC1CC1. The Balaban J connectivity index is 1.82. The van der Waals surface area contributed by atoms with Crippen LogP contribution in [0.15, 0.2) is 20.0 Å². The first-order valence-corrected chi connectivity index (χ1v) is 22.5. The number of carbonyl (C=O) groups is 1. The van der Waals surface area contributed by atoms with Gasteiger partial charge in [0.2, 0.25) is 0 Å². The summed E-state index contributed by atoms with van der Waals surface area (Å²) >= 11 is 0. The second kappa shape index (κ2) is 32.4. The number of nitrogens with zero attached hydrogens (tertiary/aromatic N) is 6. The molecule has 2 amide bonds. The van der Waals surface area contributed by atoms with Crippen molar-refractivity contribution >= 4 is 29.9 Å². The van der Waals surface area contributed by atoms with Crippen LogP contribution in [0.3, 0.4) is 0 Å². The van der Waals surface area contributed by atoms with Crippen molar-refractivity contribution in [1.29, 1.82) is 0 Å². The number of urea groups is 1. The molecule has 0 spiro atoms. The van der Waals surface area contributed by atoms with E-state index in [0.29, 0.717) is 25.0 Å². The molecule has 0 aliphatic heterocycles. The summed E-state index contributed by atoms with van der Waals surface area (Å²) < 4.78 is 0. The van der Waals surface area contributed by atoms with E-state index in [4.69, 9.17) is 34.4 Å². The van der Waals surface area contributed by atoms with Crippen molar-refractivity contribution in [2.75, 3.05) is 65.4 Å². The third-order valence-corrected chi connectivity index (χ3v) is 10.6. The Bertz CT molecular complexity index is 1030. The molecule has 0 saturated heterocycles. The van der Waals surface area contributed by atoms with Gasteiger partial charge in [-0.25, -0.2) is 4.79 Å². The van der Waals surface area contributed by atoms with Gasteiger partial charge in [0.1, 0.15) is 0 Å². The van der Waals surface area contributed by atoms with Crippen molar-refractivity contribution in [3.63, 3.8) is 0 Å². The first kappa shape index (κ1) is 48.5. The van der Waals surface area contributed by atoms with Crippen molar-refractivity contribution in [2.45, 2.75) is 154 Å². The number of hydrogen-bond donors (Lipinski definition) is 8. The van der Waals surface area contributed by atoms with Crippen molar-refractivity contribution in [3.05, 3.63) is 0 Å². The van der Waals surface area contributed by atoms with Crippen LogP contribution in [0, 0.1) is 11.8 Å². The molecule has 0 aromatic rings. The standard InChI is InChI=1S/C41H84N14O/c42-37(43)48-25-13-5-1-9-17-29-54(31-19-11-3-7-15-27-50-39(46)52-33-35-21-22-35)41(56)55(30-18-10-2-6-14-26-49-38(44)45)32-20-12-4-8-16-28-51-40(47)53-34-36-23-24-36/h35-36H,1-34H2,(H4,42,43,48)(H4,44,45,49)(H3,46,50,52)(H3,47,51,53). The maximum absolute atomic E-state index is 14.2. The molecule has 0 aromatic carbocycles. The Morgan fingerprint density at radius 3 is 1.05 bits per heavy atom. The van der Waals surface area contributed by atoms with E-state index in [2.05, 4.69) is 40.4 Å². The molecule has 0 atom stereocenters. The van der Waals surface area contributed by atoms with Gasteiger partial charge in [-0.1, -0.05) is 77.0 Å². The molecule has 2 aliphatic carbocycles. The highest BCUT2D eigenvalue weighted by Crippen LogP contribution is 2.29. The van der Waals surface area contributed by atoms with Gasteiger partial charge in [-0.3, -0.25) is 20.0 Å². The van der Waals surface area contributed by atoms with Gasteiger partial charge in [0.25, 0.3) is 0 Å². The summed E-state index contributed by atoms with van der Waals surface area (Å²) in [6, 6.07) is 0.209. The number of hydrogen-bond acceptors (Lipinski definition) is 5. The smallest absolute Gasteiger partial charge is 0.319 e. The van der Waals surface area contributed by atoms with E-state index in [-0.39, 0.29) is 18.0 Å². The average Bonchev–Trinajstić information content (AvgIpc) is 4.11. The first-order valence-electron chi connectivity index (χ1n) is 22.5. The zero-order valence-corrected chi connectivity index (χ0v) is 35.3. The highest BCUT2D eigenvalue weighted by atomic mass is 16.2. The van der Waals surface area contributed by atoms with Crippen molar-refractivity contribution < 1.29 is 4.79 Å². The van der Waals surface area contributed by atoms with Crippen LogP contribution in [0.5, 0.6) is 0 Å². The Labute approximate surface area is 340 Å². The van der Waals surface area contributed by atoms with Crippen LogP contribution in [-0.2, 0) is 0 Å². The Morgan fingerprint density at radius 2 is 0.732 bits per heavy atom. The maximum atomic E-state index is 14.2. The van der Waals surface area contributed by atoms with Gasteiger partial charge in [0.05, 0.1) is 0 Å². The van der Waals surface area contributed by atoms with Crippen molar-refractivity contribution in [3.8, 4) is 0 Å². The maximum Gasteiger partial charge on any atom is 0.319 e. The van der Waals surface area contributed by atoms with Crippen LogP contribution in [0.1, 0.15) is 154 Å². The highest BCUT2D eigenvalue weighted by molar-refractivity contribution is 5.78. The molecule has 0 bridgehead atoms. The number of amides is 2. The lowest BCUT2D eigenvalue weighted by molar-refractivity contribution is 0.148. The molecule has 0 unspecified atom stereocenters. The molecule has 2 aliphatic rings. The monoisotopic (exact) mass is 789 g/mol. The number of aliphatic imine (C=N–C) groups is 4. The summed E-state index contributed by atoms with van der Waals surface area (Å²) in [5.74, 6) is 2.97. The largest absolute Gasteiger partial charge is 0.370 e. The van der Waals surface area contributed by atoms with Gasteiger partial charge in [-0.2, -0.15) is 0 Å². The number of unbranched alkanes of at least 4 members (excludes halogenated alkanes) is 16. The van der Waals surface area contributed by atoms with E-state index in [1.54, 1.807) is 0 Å². The third-order valence-electron chi connectivity index (χ3n) is 10.6. The topological polar surface area (TPSA) is 253 Å². The minimum Gasteiger partial charge on any atom is -0.370 e. The number of rotatable bonds is 36. The predicted molar refractivity (Wildman–Crippen MR) is 237 cm³/mol. The number of nitrogens with two attached hydrogens (primary N) is 6. The molecule has 2 rings (SSSR count). The molecular formula is C41H84N14O. The van der Waals surface area contributed by atoms with E-state index in [1.807, 2.05) is 0 Å². The van der Waals surface area contributed by atoms with Crippen LogP contribution >= 0.6 is 0 Å². The Morgan fingerprint density at radius 1 is 0.429 bits per heavy atom. The summed E-state index contributed by atoms with van der Waals surface area (Å²) in [6.45, 7) is 8.02. The lowest BCUT2D eigenvalue weighted by Gasteiger charge is -2.31. The Kier molecular flexibility index (Phi) is 28.1. The minimum absolute atomic E-state index is 0.157. The van der Waals surface area contributed by atoms with Gasteiger partial charge in [-0.15, -0.1) is 0 Å². The normalized spacial score (nSPS) is 14.4. The third kappa shape index (κ3) is 29.6. The zero-order valence-electron chi connectivity index (χ0n) is 35.3. The highest BCUT2D eigenvalue weighted by Gasteiger charge is 2.22. The van der Waals surface area contributed by atoms with E-state index in [0.717, 1.165) is 193 Å². The fraction of sp³-hybridized carbons (Fsp3) is 0.878. The summed E-state index contributed by atoms with van der Waals surface area (Å²) in [4.78, 5) is 35.6. The minimum atomic E-state index is 0.157. The number of carbonyl (C=O) groups excluding carboxylic acids is 1. The lowest BCUT2D eigenvalue weighted by Crippen LogP contribution is -2.45. The second-order valence-corrected chi connectivity index (χ2v) is 16.1. The molecule has 0 radical (unpaired) electrons. The molecule has 56 heavy (non-hydrogen) atoms. The summed E-state index contributed by atoms with van der Waals surface area (Å²) in [6.07, 6.45) is 26.8. The Hall–Kier alpha value is -3.65. The summed E-state index contributed by atoms with van der Waals surface area (Å²) in [7, 11) is 0. The van der Waals surface area contributed by atoms with Crippen LogP contribution < -0.4 is 45.0 Å². The molecule has 2 saturated carbocycles. The zero-order chi connectivity index (χ0) is 40.5. The first-order chi connectivity index (χ1) is 27.2. The van der Waals surface area contributed by atoms with E-state index < -0.39 is 0 Å². The molecule has 2 fully saturated rings. The van der Waals surface area contributed by atoms with Crippen molar-refractivity contribution in [1.82, 2.24) is 20.4 Å². The van der Waals surface area contributed by atoms with Crippen LogP contribution in [-0.4, -0.2) is 105 Å². The van der Waals surface area contributed by atoms with Crippen LogP contribution in [0.4, 0.5) is 4.79 Å². The van der Waals surface area contributed by atoms with Crippen LogP contribution in [0.2, 0.25) is 0 Å². The summed E-state index contributed by atoms with van der Waals surface area (Å²) in [5, 5.41) is 6.52. The summed E-state index contributed by atoms with van der Waals surface area (Å²) in [5.41, 5.74) is 33.9. The average molecular weight is 789 g/mol. The van der Waals surface area contributed by atoms with Gasteiger partial charge < -0.3 is 54.8 Å². The van der Waals surface area contributed by atoms with Gasteiger partial charge in [0, 0.05) is 65.4 Å². The van der Waals surface area contributed by atoms with E-state index in [9.17, 15) is 4.79 Å². The molecule has 14 N–H and O–H groups in total. The molecular weight excluding hydrogens is 705 g/mol. The second-order valence-electron chi connectivity index (χ2n) is 16.1. The lowest BCUT2D eigenvalue weighted by atomic mass is 10.1. The van der Waals surface area contributed by atoms with Gasteiger partial charge in [-0.05, 0) is 88.9 Å². The fourth-order valence-electron chi connectivity index (χ4n) is 6.63. The van der Waals surface area contributed by atoms with Gasteiger partial charge >= 0.3 is 6.03 Å². The van der Waals surface area contributed by atoms with Gasteiger partial charge in [0.15, 0.2) is 23.8 Å². The molecule has 15 heteroatoms. The van der Waals surface area contributed by atoms with E-state index in [1.165, 1.54) is 25.7 Å².